The summed E-state index contributed by atoms with van der Waals surface area (Å²) in [5.41, 5.74) is 2.54. The molecule has 0 amide bonds. The van der Waals surface area contributed by atoms with Crippen LogP contribution in [-0.2, 0) is 22.9 Å². The van der Waals surface area contributed by atoms with Gasteiger partial charge in [-0.1, -0.05) is 13.0 Å². The smallest absolute Gasteiger partial charge is 0.243 e. The average molecular weight is 308 g/mol. The highest BCUT2D eigenvalue weighted by Gasteiger charge is 2.33. The van der Waals surface area contributed by atoms with Crippen molar-refractivity contribution in [1.29, 1.82) is 0 Å². The number of aryl methyl sites for hydroxylation is 2. The van der Waals surface area contributed by atoms with E-state index in [0.717, 1.165) is 45.2 Å². The molecule has 4 nitrogen and oxygen atoms in total. The van der Waals surface area contributed by atoms with Gasteiger partial charge < -0.3 is 5.32 Å². The van der Waals surface area contributed by atoms with Crippen LogP contribution in [0, 0.1) is 0 Å². The Kier molecular flexibility index (Phi) is 4.33. The summed E-state index contributed by atoms with van der Waals surface area (Å²) in [4.78, 5) is 0.475. The van der Waals surface area contributed by atoms with Crippen LogP contribution in [0.1, 0.15) is 37.3 Å². The van der Waals surface area contributed by atoms with Crippen molar-refractivity contribution < 1.29 is 8.42 Å². The van der Waals surface area contributed by atoms with Crippen molar-refractivity contribution in [3.63, 3.8) is 0 Å². The summed E-state index contributed by atoms with van der Waals surface area (Å²) in [6.45, 7) is 4.31. The van der Waals surface area contributed by atoms with Crippen LogP contribution in [0.5, 0.6) is 0 Å². The van der Waals surface area contributed by atoms with Gasteiger partial charge in [0.05, 0.1) is 4.90 Å². The van der Waals surface area contributed by atoms with Crippen molar-refractivity contribution in [3.8, 4) is 0 Å². The largest absolute Gasteiger partial charge is 0.315 e. The zero-order valence-electron chi connectivity index (χ0n) is 12.6. The molecule has 3 rings (SSSR count). The summed E-state index contributed by atoms with van der Waals surface area (Å²) in [7, 11) is -3.37. The average Bonchev–Trinajstić information content (AvgIpc) is 3.14. The Morgan fingerprint density at radius 1 is 1.29 bits per heavy atom. The van der Waals surface area contributed by atoms with Gasteiger partial charge in [0, 0.05) is 19.1 Å². The predicted octanol–water partition coefficient (Wildman–Crippen LogP) is 1.94. The Labute approximate surface area is 127 Å². The number of rotatable bonds is 5. The van der Waals surface area contributed by atoms with Crippen LogP contribution in [0.2, 0.25) is 0 Å². The van der Waals surface area contributed by atoms with Gasteiger partial charge in [-0.3, -0.25) is 0 Å². The maximum absolute atomic E-state index is 13.0. The predicted molar refractivity (Wildman–Crippen MR) is 83.9 cm³/mol. The minimum Gasteiger partial charge on any atom is -0.315 e. The van der Waals surface area contributed by atoms with Crippen molar-refractivity contribution in [2.75, 3.05) is 19.6 Å². The fourth-order valence-electron chi connectivity index (χ4n) is 3.45. The van der Waals surface area contributed by atoms with E-state index in [1.54, 1.807) is 10.4 Å². The molecule has 1 N–H and O–H groups in total. The van der Waals surface area contributed by atoms with Crippen LogP contribution in [0.3, 0.4) is 0 Å². The van der Waals surface area contributed by atoms with Crippen LogP contribution >= 0.6 is 0 Å². The van der Waals surface area contributed by atoms with E-state index in [1.165, 1.54) is 11.1 Å². The van der Waals surface area contributed by atoms with Gasteiger partial charge in [-0.15, -0.1) is 0 Å². The van der Waals surface area contributed by atoms with Gasteiger partial charge in [-0.25, -0.2) is 8.42 Å². The normalized spacial score (nSPS) is 21.9. The second kappa shape index (κ2) is 6.07. The van der Waals surface area contributed by atoms with E-state index >= 15 is 0 Å². The fraction of sp³-hybridized carbons (Fsp3) is 0.625. The van der Waals surface area contributed by atoms with E-state index in [9.17, 15) is 8.42 Å². The maximum atomic E-state index is 13.0. The molecule has 1 aliphatic heterocycles. The molecule has 0 aromatic heterocycles. The Hall–Kier alpha value is -0.910. The summed E-state index contributed by atoms with van der Waals surface area (Å²) < 4.78 is 27.7. The summed E-state index contributed by atoms with van der Waals surface area (Å²) in [6, 6.07) is 5.81. The Morgan fingerprint density at radius 2 is 2.10 bits per heavy atom. The van der Waals surface area contributed by atoms with E-state index in [0.29, 0.717) is 11.4 Å². The van der Waals surface area contributed by atoms with Crippen LogP contribution in [0.15, 0.2) is 23.1 Å². The SMILES string of the molecule is CCCN(C1CCNC1)S(=O)(=O)c1ccc2c(c1)CCC2. The molecule has 116 valence electrons. The minimum absolute atomic E-state index is 0.100. The van der Waals surface area contributed by atoms with E-state index < -0.39 is 10.0 Å². The number of nitrogens with one attached hydrogen (secondary N) is 1. The van der Waals surface area contributed by atoms with Crippen LogP contribution in [0.4, 0.5) is 0 Å². The molecule has 21 heavy (non-hydrogen) atoms. The van der Waals surface area contributed by atoms with Crippen molar-refractivity contribution in [1.82, 2.24) is 9.62 Å². The highest BCUT2D eigenvalue weighted by atomic mass is 32.2. The molecule has 1 atom stereocenters. The second-order valence-electron chi connectivity index (χ2n) is 6.05. The minimum atomic E-state index is -3.37. The maximum Gasteiger partial charge on any atom is 0.243 e. The van der Waals surface area contributed by atoms with Crippen LogP contribution in [0.25, 0.3) is 0 Å². The fourth-order valence-corrected chi connectivity index (χ4v) is 5.25. The molecule has 1 unspecified atom stereocenters. The molecule has 1 aliphatic carbocycles. The zero-order valence-corrected chi connectivity index (χ0v) is 13.5. The first-order chi connectivity index (χ1) is 10.1. The van der Waals surface area contributed by atoms with E-state index in [4.69, 9.17) is 0 Å². The number of fused-ring (bicyclic) bond motifs is 1. The van der Waals surface area contributed by atoms with Gasteiger partial charge >= 0.3 is 0 Å². The number of nitrogens with zero attached hydrogens (tertiary/aromatic N) is 1. The van der Waals surface area contributed by atoms with Gasteiger partial charge in [0.25, 0.3) is 0 Å². The second-order valence-corrected chi connectivity index (χ2v) is 7.94. The van der Waals surface area contributed by atoms with Crippen molar-refractivity contribution in [2.24, 2.45) is 0 Å². The summed E-state index contributed by atoms with van der Waals surface area (Å²) in [5, 5.41) is 3.27. The highest BCUT2D eigenvalue weighted by molar-refractivity contribution is 7.89. The van der Waals surface area contributed by atoms with Gasteiger partial charge in [0.15, 0.2) is 0 Å². The van der Waals surface area contributed by atoms with Gasteiger partial charge in [0.2, 0.25) is 10.0 Å². The number of benzene rings is 1. The first-order valence-electron chi connectivity index (χ1n) is 7.97. The Bertz CT molecular complexity index is 607. The molecule has 0 bridgehead atoms. The molecular weight excluding hydrogens is 284 g/mol. The first-order valence-corrected chi connectivity index (χ1v) is 9.41. The molecule has 0 radical (unpaired) electrons. The third-order valence-electron chi connectivity index (χ3n) is 4.56. The lowest BCUT2D eigenvalue weighted by molar-refractivity contribution is 0.335. The third kappa shape index (κ3) is 2.87. The van der Waals surface area contributed by atoms with E-state index in [-0.39, 0.29) is 6.04 Å². The van der Waals surface area contributed by atoms with Crippen molar-refractivity contribution >= 4 is 10.0 Å². The van der Waals surface area contributed by atoms with Crippen LogP contribution < -0.4 is 5.32 Å². The topological polar surface area (TPSA) is 49.4 Å². The van der Waals surface area contributed by atoms with Crippen molar-refractivity contribution in [2.45, 2.75) is 50.0 Å². The lowest BCUT2D eigenvalue weighted by Crippen LogP contribution is -2.42. The number of sulfonamides is 1. The molecule has 5 heteroatoms. The molecule has 1 aromatic carbocycles. The molecule has 1 saturated heterocycles. The van der Waals surface area contributed by atoms with E-state index in [1.807, 2.05) is 19.1 Å². The monoisotopic (exact) mass is 308 g/mol. The summed E-state index contributed by atoms with van der Waals surface area (Å²) >= 11 is 0. The summed E-state index contributed by atoms with van der Waals surface area (Å²) in [6.07, 6.45) is 4.99. The molecule has 1 aromatic rings. The highest BCUT2D eigenvalue weighted by Crippen LogP contribution is 2.27. The van der Waals surface area contributed by atoms with E-state index in [2.05, 4.69) is 5.32 Å². The quantitative estimate of drug-likeness (QED) is 0.904. The van der Waals surface area contributed by atoms with Crippen molar-refractivity contribution in [3.05, 3.63) is 29.3 Å². The lowest BCUT2D eigenvalue weighted by Gasteiger charge is -2.27. The van der Waals surface area contributed by atoms with Gasteiger partial charge in [0.1, 0.15) is 0 Å². The molecule has 1 heterocycles. The lowest BCUT2D eigenvalue weighted by atomic mass is 10.1. The first kappa shape index (κ1) is 15.0. The molecular formula is C16H24N2O2S. The molecule has 0 spiro atoms. The Balaban J connectivity index is 1.93. The molecule has 1 fully saturated rings. The number of hydrogen-bond donors (Lipinski definition) is 1. The van der Waals surface area contributed by atoms with Gasteiger partial charge in [-0.05, 0) is 61.9 Å². The Morgan fingerprint density at radius 3 is 2.81 bits per heavy atom. The standard InChI is InChI=1S/C16H24N2O2S/c1-2-10-18(15-8-9-17-12-15)21(19,20)16-7-6-13-4-3-5-14(13)11-16/h6-7,11,15,17H,2-5,8-10,12H2,1H3. The zero-order chi connectivity index (χ0) is 14.9. The molecule has 2 aliphatic rings. The molecule has 0 saturated carbocycles. The number of hydrogen-bond acceptors (Lipinski definition) is 3. The van der Waals surface area contributed by atoms with Gasteiger partial charge in [-0.2, -0.15) is 4.31 Å². The van der Waals surface area contributed by atoms with Crippen LogP contribution in [-0.4, -0.2) is 38.4 Å². The summed E-state index contributed by atoms with van der Waals surface area (Å²) in [5.74, 6) is 0. The third-order valence-corrected chi connectivity index (χ3v) is 6.51.